The molecule has 3 heterocycles. The van der Waals surface area contributed by atoms with Crippen molar-refractivity contribution < 1.29 is 31.2 Å². The molecule has 0 radical (unpaired) electrons. The molecule has 38 heavy (non-hydrogen) atoms. The Balaban J connectivity index is 1.66. The Hall–Kier alpha value is -4.78. The second-order valence-electron chi connectivity index (χ2n) is 7.93. The van der Waals surface area contributed by atoms with Crippen LogP contribution >= 0.6 is 0 Å². The van der Waals surface area contributed by atoms with E-state index in [2.05, 4.69) is 19.4 Å². The van der Waals surface area contributed by atoms with Crippen molar-refractivity contribution in [1.29, 1.82) is 0 Å². The summed E-state index contributed by atoms with van der Waals surface area (Å²) in [5.41, 5.74) is -0.203. The summed E-state index contributed by atoms with van der Waals surface area (Å²) in [5.74, 6) is -1.41. The molecule has 1 N–H and O–H groups in total. The third kappa shape index (κ3) is 4.43. The summed E-state index contributed by atoms with van der Waals surface area (Å²) in [6.07, 6.45) is 2.16. The van der Waals surface area contributed by atoms with E-state index in [1.165, 1.54) is 67.5 Å². The van der Waals surface area contributed by atoms with Crippen LogP contribution in [-0.2, 0) is 10.0 Å². The highest BCUT2D eigenvalue weighted by molar-refractivity contribution is 7.92. The number of hydrogen-bond donors (Lipinski definition) is 1. The van der Waals surface area contributed by atoms with E-state index in [0.717, 1.165) is 18.3 Å². The number of methoxy groups -OCH3 is 2. The predicted molar refractivity (Wildman–Crippen MR) is 133 cm³/mol. The fraction of sp³-hybridized carbons (Fsp3) is 0.0800. The fourth-order valence-electron chi connectivity index (χ4n) is 3.97. The second-order valence-corrected chi connectivity index (χ2v) is 9.61. The Morgan fingerprint density at radius 2 is 1.79 bits per heavy atom. The first-order valence-corrected chi connectivity index (χ1v) is 12.4. The zero-order valence-electron chi connectivity index (χ0n) is 19.8. The van der Waals surface area contributed by atoms with Crippen LogP contribution in [0.25, 0.3) is 27.7 Å². The molecule has 13 heteroatoms. The summed E-state index contributed by atoms with van der Waals surface area (Å²) < 4.78 is 73.6. The Morgan fingerprint density at radius 3 is 2.50 bits per heavy atom. The number of hydrogen-bond acceptors (Lipinski definition) is 8. The summed E-state index contributed by atoms with van der Waals surface area (Å²) in [4.78, 5) is 16.7. The minimum Gasteiger partial charge on any atom is -0.495 e. The topological polar surface area (TPSA) is 126 Å². The SMILES string of the molecule is COc1cc(-c2cc(F)cnc2OC)c(F)cc1-n1c(=O)ccc2cc(S(=O)(=O)Nc3ccon3)ccc21. The monoisotopic (exact) mass is 540 g/mol. The van der Waals surface area contributed by atoms with Gasteiger partial charge in [0.2, 0.25) is 5.88 Å². The van der Waals surface area contributed by atoms with Gasteiger partial charge in [-0.3, -0.25) is 14.1 Å². The zero-order valence-corrected chi connectivity index (χ0v) is 20.6. The number of nitrogens with zero attached hydrogens (tertiary/aromatic N) is 3. The van der Waals surface area contributed by atoms with Crippen molar-refractivity contribution in [1.82, 2.24) is 14.7 Å². The lowest BCUT2D eigenvalue weighted by Crippen LogP contribution is -2.19. The lowest BCUT2D eigenvalue weighted by Gasteiger charge is -2.17. The third-order valence-corrected chi connectivity index (χ3v) is 7.02. The predicted octanol–water partition coefficient (Wildman–Crippen LogP) is 4.14. The van der Waals surface area contributed by atoms with Crippen LogP contribution < -0.4 is 19.8 Å². The van der Waals surface area contributed by atoms with Crippen molar-refractivity contribution in [2.24, 2.45) is 0 Å². The average Bonchev–Trinajstić information content (AvgIpc) is 3.40. The largest absolute Gasteiger partial charge is 0.495 e. The Kier molecular flexibility index (Phi) is 6.28. The molecule has 0 atom stereocenters. The van der Waals surface area contributed by atoms with Crippen LogP contribution in [0, 0.1) is 11.6 Å². The Labute approximate surface area is 214 Å². The van der Waals surface area contributed by atoms with Gasteiger partial charge in [-0.15, -0.1) is 0 Å². The molecule has 0 fully saturated rings. The molecule has 0 aliphatic rings. The normalized spacial score (nSPS) is 11.5. The molecular weight excluding hydrogens is 522 g/mol. The van der Waals surface area contributed by atoms with Gasteiger partial charge in [-0.05, 0) is 36.4 Å². The maximum atomic E-state index is 15.4. The molecule has 10 nitrogen and oxygen atoms in total. The van der Waals surface area contributed by atoms with Gasteiger partial charge in [0.25, 0.3) is 15.6 Å². The molecule has 0 bridgehead atoms. The van der Waals surface area contributed by atoms with Crippen molar-refractivity contribution in [3.63, 3.8) is 0 Å². The van der Waals surface area contributed by atoms with E-state index >= 15 is 4.39 Å². The van der Waals surface area contributed by atoms with Crippen LogP contribution in [0.4, 0.5) is 14.6 Å². The zero-order chi connectivity index (χ0) is 27.0. The van der Waals surface area contributed by atoms with Crippen LogP contribution in [0.3, 0.4) is 0 Å². The number of pyridine rings is 2. The first-order chi connectivity index (χ1) is 18.2. The molecule has 0 saturated heterocycles. The number of nitrogens with one attached hydrogen (secondary N) is 1. The van der Waals surface area contributed by atoms with Gasteiger partial charge in [0.15, 0.2) is 5.82 Å². The number of halogens is 2. The summed E-state index contributed by atoms with van der Waals surface area (Å²) in [6.45, 7) is 0. The van der Waals surface area contributed by atoms with Crippen LogP contribution in [-0.4, -0.2) is 37.3 Å². The van der Waals surface area contributed by atoms with Gasteiger partial charge in [0, 0.05) is 34.7 Å². The summed E-state index contributed by atoms with van der Waals surface area (Å²) in [7, 11) is -1.37. The number of aromatic nitrogens is 3. The van der Waals surface area contributed by atoms with Crippen LogP contribution in [0.5, 0.6) is 11.6 Å². The number of rotatable bonds is 7. The second kappa shape index (κ2) is 9.59. The van der Waals surface area contributed by atoms with Gasteiger partial charge in [-0.1, -0.05) is 5.16 Å². The molecule has 0 unspecified atom stereocenters. The third-order valence-electron chi connectivity index (χ3n) is 5.66. The van der Waals surface area contributed by atoms with Gasteiger partial charge in [0.1, 0.15) is 23.6 Å². The molecule has 5 aromatic rings. The maximum absolute atomic E-state index is 15.4. The number of fused-ring (bicyclic) bond motifs is 1. The quantitative estimate of drug-likeness (QED) is 0.327. The molecule has 0 spiro atoms. The lowest BCUT2D eigenvalue weighted by molar-refractivity contribution is 0.397. The minimum absolute atomic E-state index is 0.000459. The van der Waals surface area contributed by atoms with Gasteiger partial charge in [-0.2, -0.15) is 0 Å². The Morgan fingerprint density at radius 1 is 0.974 bits per heavy atom. The van der Waals surface area contributed by atoms with Crippen molar-refractivity contribution >= 4 is 26.7 Å². The first-order valence-electron chi connectivity index (χ1n) is 10.9. The molecule has 0 amide bonds. The van der Waals surface area contributed by atoms with Crippen molar-refractivity contribution in [2.75, 3.05) is 18.9 Å². The first kappa shape index (κ1) is 24.9. The molecule has 0 aliphatic carbocycles. The fourth-order valence-corrected chi connectivity index (χ4v) is 5.00. The molecule has 0 saturated carbocycles. The van der Waals surface area contributed by atoms with Gasteiger partial charge in [-0.25, -0.2) is 22.2 Å². The van der Waals surface area contributed by atoms with Crippen molar-refractivity contribution in [2.45, 2.75) is 4.90 Å². The molecular formula is C25H18F2N4O6S. The minimum atomic E-state index is -4.02. The summed E-state index contributed by atoms with van der Waals surface area (Å²) in [6, 6.07) is 11.5. The molecule has 194 valence electrons. The number of sulfonamides is 1. The number of ether oxygens (including phenoxy) is 2. The van der Waals surface area contributed by atoms with E-state index < -0.39 is 27.2 Å². The van der Waals surface area contributed by atoms with Crippen LogP contribution in [0.1, 0.15) is 0 Å². The van der Waals surface area contributed by atoms with E-state index in [-0.39, 0.29) is 44.7 Å². The highest BCUT2D eigenvalue weighted by Crippen LogP contribution is 2.37. The smallest absolute Gasteiger partial charge is 0.263 e. The Bertz CT molecular complexity index is 1840. The van der Waals surface area contributed by atoms with Gasteiger partial charge >= 0.3 is 0 Å². The van der Waals surface area contributed by atoms with E-state index in [1.54, 1.807) is 0 Å². The number of anilines is 1. The standard InChI is InChI=1S/C25H18F2N4O6S/c1-35-22-11-17(18-10-15(26)13-28-25(18)36-2)19(27)12-21(22)31-20-5-4-16(9-14(20)3-6-24(31)32)38(33,34)30-23-7-8-37-29-23/h3-13H,1-2H3,(H,29,30). The summed E-state index contributed by atoms with van der Waals surface area (Å²) in [5, 5.41) is 3.90. The highest BCUT2D eigenvalue weighted by Gasteiger charge is 2.21. The molecule has 2 aromatic carbocycles. The highest BCUT2D eigenvalue weighted by atomic mass is 32.2. The van der Waals surface area contributed by atoms with E-state index in [0.29, 0.717) is 5.39 Å². The molecule has 5 rings (SSSR count). The molecule has 3 aromatic heterocycles. The van der Waals surface area contributed by atoms with E-state index in [4.69, 9.17) is 9.47 Å². The number of benzene rings is 2. The van der Waals surface area contributed by atoms with Gasteiger partial charge < -0.3 is 14.0 Å². The maximum Gasteiger partial charge on any atom is 0.263 e. The van der Waals surface area contributed by atoms with Gasteiger partial charge in [0.05, 0.1) is 36.5 Å². The van der Waals surface area contributed by atoms with Crippen molar-refractivity contribution in [3.05, 3.63) is 89.0 Å². The van der Waals surface area contributed by atoms with E-state index in [9.17, 15) is 17.6 Å². The van der Waals surface area contributed by atoms with Crippen LogP contribution in [0.2, 0.25) is 0 Å². The van der Waals surface area contributed by atoms with E-state index in [1.807, 2.05) is 0 Å². The molecule has 0 aliphatic heterocycles. The summed E-state index contributed by atoms with van der Waals surface area (Å²) >= 11 is 0. The average molecular weight is 541 g/mol. The van der Waals surface area contributed by atoms with Crippen molar-refractivity contribution in [3.8, 4) is 28.4 Å². The lowest BCUT2D eigenvalue weighted by atomic mass is 10.0. The van der Waals surface area contributed by atoms with Crippen LogP contribution in [0.15, 0.2) is 81.3 Å².